The molecule has 134 valence electrons. The van der Waals surface area contributed by atoms with Crippen LogP contribution in [-0.4, -0.2) is 36.0 Å². The lowest BCUT2D eigenvalue weighted by Crippen LogP contribution is -2.36. The molecule has 0 aromatic heterocycles. The van der Waals surface area contributed by atoms with Gasteiger partial charge in [0.2, 0.25) is 5.91 Å². The van der Waals surface area contributed by atoms with Gasteiger partial charge in [-0.15, -0.1) is 0 Å². The molecule has 0 unspecified atom stereocenters. The zero-order chi connectivity index (χ0) is 18.5. The summed E-state index contributed by atoms with van der Waals surface area (Å²) in [6, 6.07) is 15.0. The highest BCUT2D eigenvalue weighted by Crippen LogP contribution is 2.27. The highest BCUT2D eigenvalue weighted by Gasteiger charge is 2.31. The van der Waals surface area contributed by atoms with E-state index in [1.807, 2.05) is 30.3 Å². The molecule has 1 atom stereocenters. The first kappa shape index (κ1) is 18.4. The second-order valence-corrected chi connectivity index (χ2v) is 6.81. The molecular formula is C19H17Cl2N3O2. The fourth-order valence-corrected chi connectivity index (χ4v) is 3.23. The van der Waals surface area contributed by atoms with E-state index in [9.17, 15) is 9.59 Å². The average Bonchev–Trinajstić information content (AvgIpc) is 3.00. The predicted octanol–water partition coefficient (Wildman–Crippen LogP) is 3.46. The van der Waals surface area contributed by atoms with Crippen LogP contribution >= 0.6 is 23.2 Å². The number of hydrogen-bond donors (Lipinski definition) is 1. The molecule has 2 aromatic rings. The Balaban J connectivity index is 1.54. The van der Waals surface area contributed by atoms with Gasteiger partial charge in [0.25, 0.3) is 5.91 Å². The van der Waals surface area contributed by atoms with Crippen molar-refractivity contribution in [3.8, 4) is 0 Å². The Morgan fingerprint density at radius 3 is 2.73 bits per heavy atom. The Morgan fingerprint density at radius 1 is 1.19 bits per heavy atom. The number of rotatable bonds is 5. The lowest BCUT2D eigenvalue weighted by atomic mass is 9.99. The van der Waals surface area contributed by atoms with Crippen LogP contribution in [0.2, 0.25) is 10.0 Å². The van der Waals surface area contributed by atoms with E-state index in [0.717, 1.165) is 5.56 Å². The minimum absolute atomic E-state index is 0.0250. The number of hydrazone groups is 1. The number of nitrogens with zero attached hydrogens (tertiary/aromatic N) is 2. The van der Waals surface area contributed by atoms with Gasteiger partial charge in [-0.05, 0) is 11.6 Å². The van der Waals surface area contributed by atoms with E-state index < -0.39 is 0 Å². The fraction of sp³-hybridized carbons (Fsp3) is 0.211. The quantitative estimate of drug-likeness (QED) is 0.628. The van der Waals surface area contributed by atoms with Crippen LogP contribution in [0.4, 0.5) is 0 Å². The van der Waals surface area contributed by atoms with Crippen LogP contribution in [0.15, 0.2) is 53.6 Å². The fourth-order valence-electron chi connectivity index (χ4n) is 2.88. The van der Waals surface area contributed by atoms with E-state index in [4.69, 9.17) is 23.2 Å². The van der Waals surface area contributed by atoms with Gasteiger partial charge in [-0.2, -0.15) is 5.10 Å². The van der Waals surface area contributed by atoms with Crippen molar-refractivity contribution in [1.29, 1.82) is 0 Å². The van der Waals surface area contributed by atoms with Crippen molar-refractivity contribution in [3.05, 3.63) is 69.7 Å². The van der Waals surface area contributed by atoms with E-state index in [0.29, 0.717) is 28.6 Å². The summed E-state index contributed by atoms with van der Waals surface area (Å²) in [5, 5.41) is 4.66. The summed E-state index contributed by atoms with van der Waals surface area (Å²) >= 11 is 12.0. The third-order valence-electron chi connectivity index (χ3n) is 4.19. The summed E-state index contributed by atoms with van der Waals surface area (Å²) in [4.78, 5) is 25.7. The molecule has 1 aliphatic heterocycles. The number of halogens is 2. The summed E-state index contributed by atoms with van der Waals surface area (Å²) in [6.45, 7) is 0.503. The van der Waals surface area contributed by atoms with Crippen LogP contribution in [0.1, 0.15) is 23.5 Å². The number of carbonyl (C=O) groups is 2. The van der Waals surface area contributed by atoms with Crippen LogP contribution in [0, 0.1) is 0 Å². The van der Waals surface area contributed by atoms with Crippen LogP contribution in [0.25, 0.3) is 0 Å². The molecule has 7 heteroatoms. The molecule has 2 aromatic carbocycles. The molecule has 2 amide bonds. The van der Waals surface area contributed by atoms with E-state index >= 15 is 0 Å². The molecule has 1 aliphatic rings. The van der Waals surface area contributed by atoms with E-state index in [-0.39, 0.29) is 24.3 Å². The average molecular weight is 390 g/mol. The van der Waals surface area contributed by atoms with Crippen molar-refractivity contribution in [2.24, 2.45) is 5.10 Å². The molecule has 1 saturated heterocycles. The number of benzene rings is 2. The second-order valence-electron chi connectivity index (χ2n) is 6.02. The molecule has 0 bridgehead atoms. The van der Waals surface area contributed by atoms with Crippen LogP contribution in [0.3, 0.4) is 0 Å². The van der Waals surface area contributed by atoms with Crippen molar-refractivity contribution in [2.45, 2.75) is 12.3 Å². The molecule has 1 fully saturated rings. The summed E-state index contributed by atoms with van der Waals surface area (Å²) in [5.74, 6) is -0.275. The first-order valence-electron chi connectivity index (χ1n) is 8.13. The number of likely N-dealkylation sites (tertiary alicyclic amines) is 1. The molecule has 3 rings (SSSR count). The molecule has 5 nitrogen and oxygen atoms in total. The maximum absolute atomic E-state index is 12.1. The Morgan fingerprint density at radius 2 is 1.96 bits per heavy atom. The number of amides is 2. The smallest absolute Gasteiger partial charge is 0.259 e. The van der Waals surface area contributed by atoms with Gasteiger partial charge in [0.15, 0.2) is 0 Å². The van der Waals surface area contributed by atoms with Crippen LogP contribution < -0.4 is 5.43 Å². The Hall–Kier alpha value is -2.37. The van der Waals surface area contributed by atoms with Gasteiger partial charge in [-0.3, -0.25) is 9.59 Å². The van der Waals surface area contributed by atoms with Crippen molar-refractivity contribution in [1.82, 2.24) is 10.3 Å². The Labute approximate surface area is 161 Å². The topological polar surface area (TPSA) is 61.8 Å². The van der Waals surface area contributed by atoms with Crippen molar-refractivity contribution >= 4 is 41.2 Å². The molecule has 1 heterocycles. The molecule has 26 heavy (non-hydrogen) atoms. The van der Waals surface area contributed by atoms with Gasteiger partial charge in [0.1, 0.15) is 6.54 Å². The minimum Gasteiger partial charge on any atom is -0.333 e. The Kier molecular flexibility index (Phi) is 5.91. The first-order valence-corrected chi connectivity index (χ1v) is 8.89. The van der Waals surface area contributed by atoms with E-state index in [1.54, 1.807) is 23.1 Å². The molecule has 1 N–H and O–H groups in total. The third-order valence-corrected chi connectivity index (χ3v) is 5.03. The standard InChI is InChI=1S/C19H17Cl2N3O2/c20-16-8-4-7-14(19(16)21)10-22-23-17(25)12-24-11-15(9-18(24)26)13-5-2-1-3-6-13/h1-8,10,15H,9,11-12H2,(H,23,25)/b22-10-/t15-/m1/s1. The molecule has 0 radical (unpaired) electrons. The van der Waals surface area contributed by atoms with Gasteiger partial charge in [0, 0.05) is 24.4 Å². The third kappa shape index (κ3) is 4.42. The zero-order valence-corrected chi connectivity index (χ0v) is 15.4. The molecule has 0 saturated carbocycles. The lowest BCUT2D eigenvalue weighted by molar-refractivity contribution is -0.133. The second kappa shape index (κ2) is 8.34. The van der Waals surface area contributed by atoms with Crippen molar-refractivity contribution in [3.63, 3.8) is 0 Å². The molecular weight excluding hydrogens is 373 g/mol. The highest BCUT2D eigenvalue weighted by atomic mass is 35.5. The monoisotopic (exact) mass is 389 g/mol. The van der Waals surface area contributed by atoms with Crippen molar-refractivity contribution < 1.29 is 9.59 Å². The Bertz CT molecular complexity index is 840. The minimum atomic E-state index is -0.360. The summed E-state index contributed by atoms with van der Waals surface area (Å²) in [6.07, 6.45) is 1.84. The van der Waals surface area contributed by atoms with Crippen molar-refractivity contribution in [2.75, 3.05) is 13.1 Å². The van der Waals surface area contributed by atoms with Crippen LogP contribution in [-0.2, 0) is 9.59 Å². The number of carbonyl (C=O) groups excluding carboxylic acids is 2. The normalized spacial score (nSPS) is 17.1. The number of nitrogens with one attached hydrogen (secondary N) is 1. The van der Waals surface area contributed by atoms with Gasteiger partial charge in [0.05, 0.1) is 16.3 Å². The summed E-state index contributed by atoms with van der Waals surface area (Å²) in [7, 11) is 0. The predicted molar refractivity (Wildman–Crippen MR) is 103 cm³/mol. The van der Waals surface area contributed by atoms with Gasteiger partial charge < -0.3 is 4.90 Å². The summed E-state index contributed by atoms with van der Waals surface area (Å²) < 4.78 is 0. The van der Waals surface area contributed by atoms with Gasteiger partial charge in [-0.25, -0.2) is 5.43 Å². The van der Waals surface area contributed by atoms with Crippen LogP contribution in [0.5, 0.6) is 0 Å². The first-order chi connectivity index (χ1) is 12.5. The van der Waals surface area contributed by atoms with E-state index in [2.05, 4.69) is 10.5 Å². The highest BCUT2D eigenvalue weighted by molar-refractivity contribution is 6.43. The lowest BCUT2D eigenvalue weighted by Gasteiger charge is -2.15. The maximum atomic E-state index is 12.1. The van der Waals surface area contributed by atoms with Gasteiger partial charge >= 0.3 is 0 Å². The zero-order valence-electron chi connectivity index (χ0n) is 13.9. The SMILES string of the molecule is O=C(CN1C[C@H](c2ccccc2)CC1=O)N/N=C\c1cccc(Cl)c1Cl. The maximum Gasteiger partial charge on any atom is 0.259 e. The molecule has 0 spiro atoms. The number of hydrogen-bond acceptors (Lipinski definition) is 3. The van der Waals surface area contributed by atoms with E-state index in [1.165, 1.54) is 6.21 Å². The summed E-state index contributed by atoms with van der Waals surface area (Å²) in [5.41, 5.74) is 4.12. The largest absolute Gasteiger partial charge is 0.333 e. The van der Waals surface area contributed by atoms with Gasteiger partial charge in [-0.1, -0.05) is 65.7 Å². The molecule has 0 aliphatic carbocycles.